The van der Waals surface area contributed by atoms with Crippen molar-refractivity contribution in [1.29, 1.82) is 0 Å². The average molecular weight is 297 g/mol. The van der Waals surface area contributed by atoms with Crippen LogP contribution in [0.3, 0.4) is 0 Å². The maximum atomic E-state index is 13.2. The number of hydrogen-bond donors (Lipinski definition) is 1. The van der Waals surface area contributed by atoms with Gasteiger partial charge in [0, 0.05) is 24.4 Å². The lowest BCUT2D eigenvalue weighted by molar-refractivity contribution is -0.385. The van der Waals surface area contributed by atoms with E-state index < -0.39 is 10.7 Å². The Bertz CT molecular complexity index is 646. The molecular formula is C11H12FN5O2S. The molecule has 20 heavy (non-hydrogen) atoms. The minimum atomic E-state index is -0.530. The first-order chi connectivity index (χ1) is 9.52. The van der Waals surface area contributed by atoms with Gasteiger partial charge in [0.1, 0.15) is 11.6 Å². The molecule has 0 amide bonds. The van der Waals surface area contributed by atoms with Crippen LogP contribution >= 0.6 is 11.8 Å². The summed E-state index contributed by atoms with van der Waals surface area (Å²) in [4.78, 5) is 10.4. The highest BCUT2D eigenvalue weighted by molar-refractivity contribution is 7.98. The van der Waals surface area contributed by atoms with E-state index in [1.54, 1.807) is 11.6 Å². The molecule has 0 saturated carbocycles. The number of hydrogen-bond acceptors (Lipinski definition) is 6. The Morgan fingerprint density at radius 3 is 2.85 bits per heavy atom. The second-order valence-corrected chi connectivity index (χ2v) is 4.92. The van der Waals surface area contributed by atoms with Crippen LogP contribution in [0.4, 0.5) is 10.1 Å². The topological polar surface area (TPSA) is 99.9 Å². The van der Waals surface area contributed by atoms with E-state index in [0.29, 0.717) is 16.5 Å². The number of nitrogens with zero attached hydrogens (tertiary/aromatic N) is 4. The molecule has 0 atom stereocenters. The minimum Gasteiger partial charge on any atom is -0.324 e. The number of rotatable bonds is 5. The lowest BCUT2D eigenvalue weighted by Gasteiger charge is -2.04. The zero-order valence-corrected chi connectivity index (χ0v) is 11.4. The van der Waals surface area contributed by atoms with Gasteiger partial charge in [0.2, 0.25) is 0 Å². The molecule has 0 fully saturated rings. The normalized spacial score (nSPS) is 10.8. The van der Waals surface area contributed by atoms with E-state index in [1.807, 2.05) is 0 Å². The maximum absolute atomic E-state index is 13.2. The molecule has 1 heterocycles. The SMILES string of the molecule is Cn1c(CN)nnc1SCc1cc(F)ccc1[N+](=O)[O-]. The third-order valence-electron chi connectivity index (χ3n) is 2.70. The summed E-state index contributed by atoms with van der Waals surface area (Å²) in [5, 5.41) is 19.3. The fourth-order valence-electron chi connectivity index (χ4n) is 1.64. The Balaban J connectivity index is 2.20. The summed E-state index contributed by atoms with van der Waals surface area (Å²) < 4.78 is 14.9. The van der Waals surface area contributed by atoms with Gasteiger partial charge < -0.3 is 10.3 Å². The third-order valence-corrected chi connectivity index (χ3v) is 3.77. The fourth-order valence-corrected chi connectivity index (χ4v) is 2.55. The molecule has 1 aromatic heterocycles. The number of nitro groups is 1. The summed E-state index contributed by atoms with van der Waals surface area (Å²) in [6, 6.07) is 3.39. The first-order valence-corrected chi connectivity index (χ1v) is 6.65. The van der Waals surface area contributed by atoms with Gasteiger partial charge >= 0.3 is 0 Å². The number of aromatic nitrogens is 3. The number of nitro benzene ring substituents is 1. The van der Waals surface area contributed by atoms with Crippen LogP contribution < -0.4 is 5.73 Å². The van der Waals surface area contributed by atoms with Gasteiger partial charge in [-0.25, -0.2) is 4.39 Å². The fraction of sp³-hybridized carbons (Fsp3) is 0.273. The van der Waals surface area contributed by atoms with Gasteiger partial charge in [0.15, 0.2) is 5.16 Å². The van der Waals surface area contributed by atoms with Gasteiger partial charge in [0.05, 0.1) is 11.5 Å². The van der Waals surface area contributed by atoms with Crippen LogP contribution in [0.5, 0.6) is 0 Å². The van der Waals surface area contributed by atoms with E-state index in [4.69, 9.17) is 5.73 Å². The highest BCUT2D eigenvalue weighted by Crippen LogP contribution is 2.27. The molecule has 0 aliphatic heterocycles. The second-order valence-electron chi connectivity index (χ2n) is 3.98. The van der Waals surface area contributed by atoms with Crippen molar-refractivity contribution in [2.24, 2.45) is 12.8 Å². The Morgan fingerprint density at radius 1 is 1.50 bits per heavy atom. The molecule has 0 bridgehead atoms. The Labute approximate surface area is 118 Å². The number of thioether (sulfide) groups is 1. The van der Waals surface area contributed by atoms with Crippen molar-refractivity contribution in [3.8, 4) is 0 Å². The molecule has 0 saturated heterocycles. The zero-order valence-electron chi connectivity index (χ0n) is 10.6. The molecule has 2 rings (SSSR count). The molecule has 0 aliphatic rings. The van der Waals surface area contributed by atoms with Gasteiger partial charge in [0.25, 0.3) is 5.69 Å². The summed E-state index contributed by atoms with van der Waals surface area (Å²) in [5.41, 5.74) is 5.68. The van der Waals surface area contributed by atoms with Crippen LogP contribution in [0.25, 0.3) is 0 Å². The van der Waals surface area contributed by atoms with E-state index in [2.05, 4.69) is 10.2 Å². The number of benzene rings is 1. The van der Waals surface area contributed by atoms with Crippen LogP contribution in [0.15, 0.2) is 23.4 Å². The van der Waals surface area contributed by atoms with E-state index in [9.17, 15) is 14.5 Å². The maximum Gasteiger partial charge on any atom is 0.273 e. The number of halogens is 1. The third kappa shape index (κ3) is 2.94. The Morgan fingerprint density at radius 2 is 2.25 bits per heavy atom. The monoisotopic (exact) mass is 297 g/mol. The van der Waals surface area contributed by atoms with Crippen LogP contribution in [0.1, 0.15) is 11.4 Å². The summed E-state index contributed by atoms with van der Waals surface area (Å²) in [6.07, 6.45) is 0. The largest absolute Gasteiger partial charge is 0.324 e. The molecule has 0 aliphatic carbocycles. The van der Waals surface area contributed by atoms with Crippen molar-refractivity contribution in [2.75, 3.05) is 0 Å². The molecule has 106 valence electrons. The predicted molar refractivity (Wildman–Crippen MR) is 71.5 cm³/mol. The summed E-state index contributed by atoms with van der Waals surface area (Å²) in [6.45, 7) is 0.254. The van der Waals surface area contributed by atoms with Gasteiger partial charge in [-0.3, -0.25) is 10.1 Å². The Hall–Kier alpha value is -2.00. The molecule has 2 N–H and O–H groups in total. The molecule has 0 unspecified atom stereocenters. The van der Waals surface area contributed by atoms with Crippen molar-refractivity contribution in [1.82, 2.24) is 14.8 Å². The lowest BCUT2D eigenvalue weighted by atomic mass is 10.2. The zero-order chi connectivity index (χ0) is 14.7. The highest BCUT2D eigenvalue weighted by atomic mass is 32.2. The molecular weight excluding hydrogens is 285 g/mol. The van der Waals surface area contributed by atoms with Crippen LogP contribution in [-0.2, 0) is 19.3 Å². The van der Waals surface area contributed by atoms with Gasteiger partial charge in [-0.05, 0) is 12.1 Å². The molecule has 0 radical (unpaired) electrons. The number of nitrogens with two attached hydrogens (primary N) is 1. The quantitative estimate of drug-likeness (QED) is 0.511. The molecule has 1 aromatic carbocycles. The summed E-state index contributed by atoms with van der Waals surface area (Å²) >= 11 is 1.24. The van der Waals surface area contributed by atoms with Gasteiger partial charge in [-0.2, -0.15) is 0 Å². The van der Waals surface area contributed by atoms with Crippen molar-refractivity contribution in [3.05, 3.63) is 45.5 Å². The average Bonchev–Trinajstić information content (AvgIpc) is 2.76. The molecule has 0 spiro atoms. The van der Waals surface area contributed by atoms with Gasteiger partial charge in [-0.15, -0.1) is 10.2 Å². The smallest absolute Gasteiger partial charge is 0.273 e. The van der Waals surface area contributed by atoms with Crippen LogP contribution in [0.2, 0.25) is 0 Å². The van der Waals surface area contributed by atoms with Crippen LogP contribution in [0, 0.1) is 15.9 Å². The standard InChI is InChI=1S/C11H12FN5O2S/c1-16-10(5-13)14-15-11(16)20-6-7-4-8(12)2-3-9(7)17(18)19/h2-4H,5-6,13H2,1H3. The first-order valence-electron chi connectivity index (χ1n) is 5.67. The first kappa shape index (κ1) is 14.4. The van der Waals surface area contributed by atoms with Crippen molar-refractivity contribution in [2.45, 2.75) is 17.5 Å². The predicted octanol–water partition coefficient (Wildman–Crippen LogP) is 1.61. The van der Waals surface area contributed by atoms with Crippen LogP contribution in [-0.4, -0.2) is 19.7 Å². The van der Waals surface area contributed by atoms with E-state index in [1.165, 1.54) is 11.8 Å². The minimum absolute atomic E-state index is 0.111. The molecule has 7 nitrogen and oxygen atoms in total. The van der Waals surface area contributed by atoms with Gasteiger partial charge in [-0.1, -0.05) is 11.8 Å². The molecule has 2 aromatic rings. The molecule has 9 heteroatoms. The Kier molecular flexibility index (Phi) is 4.30. The summed E-state index contributed by atoms with van der Waals surface area (Å²) in [7, 11) is 1.75. The van der Waals surface area contributed by atoms with Crippen molar-refractivity contribution < 1.29 is 9.31 Å². The van der Waals surface area contributed by atoms with E-state index >= 15 is 0 Å². The van der Waals surface area contributed by atoms with E-state index in [0.717, 1.165) is 18.2 Å². The lowest BCUT2D eigenvalue weighted by Crippen LogP contribution is -2.05. The second kappa shape index (κ2) is 5.97. The highest BCUT2D eigenvalue weighted by Gasteiger charge is 2.16. The summed E-state index contributed by atoms with van der Waals surface area (Å²) in [5.74, 6) is 0.331. The van der Waals surface area contributed by atoms with E-state index in [-0.39, 0.29) is 18.0 Å². The van der Waals surface area contributed by atoms with Crippen molar-refractivity contribution in [3.63, 3.8) is 0 Å². The van der Waals surface area contributed by atoms with Crippen molar-refractivity contribution >= 4 is 17.4 Å².